The molecule has 3 amide bonds. The van der Waals surface area contributed by atoms with Crippen LogP contribution in [0.5, 0.6) is 0 Å². The van der Waals surface area contributed by atoms with E-state index in [1.54, 1.807) is 11.9 Å². The van der Waals surface area contributed by atoms with Crippen molar-refractivity contribution in [3.63, 3.8) is 0 Å². The van der Waals surface area contributed by atoms with Crippen LogP contribution in [0.3, 0.4) is 0 Å². The van der Waals surface area contributed by atoms with Crippen LogP contribution in [0.4, 0.5) is 4.79 Å². The maximum atomic E-state index is 11.8. The third kappa shape index (κ3) is 4.57. The summed E-state index contributed by atoms with van der Waals surface area (Å²) in [5.41, 5.74) is 6.61. The number of nitrogens with one attached hydrogen (secondary N) is 1. The summed E-state index contributed by atoms with van der Waals surface area (Å²) in [6, 6.07) is 9.15. The Balaban J connectivity index is 2.00. The Morgan fingerprint density at radius 2 is 2.00 bits per heavy atom. The van der Waals surface area contributed by atoms with Gasteiger partial charge in [0.25, 0.3) is 5.91 Å². The fourth-order valence-corrected chi connectivity index (χ4v) is 2.23. The van der Waals surface area contributed by atoms with E-state index in [1.165, 1.54) is 0 Å². The molecule has 1 heterocycles. The summed E-state index contributed by atoms with van der Waals surface area (Å²) in [6.07, 6.45) is -0.228. The van der Waals surface area contributed by atoms with Crippen molar-refractivity contribution in [2.45, 2.75) is 19.4 Å². The number of ether oxygens (including phenoxy) is 1. The van der Waals surface area contributed by atoms with E-state index in [0.717, 1.165) is 5.56 Å². The highest BCUT2D eigenvalue weighted by molar-refractivity contribution is 5.97. The van der Waals surface area contributed by atoms with E-state index in [4.69, 9.17) is 10.5 Å². The van der Waals surface area contributed by atoms with Gasteiger partial charge >= 0.3 is 6.09 Å². The zero-order valence-corrected chi connectivity index (χ0v) is 12.9. The summed E-state index contributed by atoms with van der Waals surface area (Å²) >= 11 is 0. The second-order valence-electron chi connectivity index (χ2n) is 5.27. The maximum absolute atomic E-state index is 11.8. The van der Waals surface area contributed by atoms with Gasteiger partial charge in [-0.1, -0.05) is 30.3 Å². The number of carbonyl (C=O) groups is 3. The highest BCUT2D eigenvalue weighted by Crippen LogP contribution is 2.19. The molecule has 0 saturated carbocycles. The van der Waals surface area contributed by atoms with Crippen molar-refractivity contribution in [2.24, 2.45) is 5.73 Å². The van der Waals surface area contributed by atoms with Gasteiger partial charge in [-0.3, -0.25) is 14.9 Å². The van der Waals surface area contributed by atoms with Crippen molar-refractivity contribution in [1.29, 1.82) is 0 Å². The summed E-state index contributed by atoms with van der Waals surface area (Å²) in [5.74, 6) is -0.904. The number of amides is 3. The van der Waals surface area contributed by atoms with Crippen molar-refractivity contribution < 1.29 is 19.1 Å². The average Bonchev–Trinajstić information content (AvgIpc) is 2.54. The number of primary amides is 1. The van der Waals surface area contributed by atoms with E-state index >= 15 is 0 Å². The molecule has 0 aromatic heterocycles. The molecule has 3 N–H and O–H groups in total. The monoisotopic (exact) mass is 317 g/mol. The minimum Gasteiger partial charge on any atom is -0.444 e. The van der Waals surface area contributed by atoms with Gasteiger partial charge in [0.05, 0.1) is 6.42 Å². The van der Waals surface area contributed by atoms with Crippen molar-refractivity contribution in [1.82, 2.24) is 10.2 Å². The van der Waals surface area contributed by atoms with Crippen molar-refractivity contribution in [3.8, 4) is 0 Å². The number of likely N-dealkylation sites (tertiary alicyclic amines) is 1. The SMILES string of the molecule is CN1CCC(=C(NC(=O)OCc2ccccc2)C(N)=O)CC1=O. The topological polar surface area (TPSA) is 102 Å². The second-order valence-corrected chi connectivity index (χ2v) is 5.27. The number of hydrogen-bond acceptors (Lipinski definition) is 4. The summed E-state index contributed by atoms with van der Waals surface area (Å²) < 4.78 is 5.06. The van der Waals surface area contributed by atoms with Crippen LogP contribution in [-0.4, -0.2) is 36.4 Å². The number of benzene rings is 1. The molecule has 7 heteroatoms. The highest BCUT2D eigenvalue weighted by Gasteiger charge is 2.24. The average molecular weight is 317 g/mol. The van der Waals surface area contributed by atoms with Gasteiger partial charge in [-0.25, -0.2) is 4.79 Å². The lowest BCUT2D eigenvalue weighted by atomic mass is 10.0. The molecule has 1 saturated heterocycles. The minimum absolute atomic E-state index is 0.0514. The predicted molar refractivity (Wildman–Crippen MR) is 82.9 cm³/mol. The Hall–Kier alpha value is -2.83. The van der Waals surface area contributed by atoms with Crippen LogP contribution < -0.4 is 11.1 Å². The zero-order valence-electron chi connectivity index (χ0n) is 12.9. The molecule has 0 aliphatic carbocycles. The standard InChI is InChI=1S/C16H19N3O4/c1-19-8-7-12(9-13(19)20)14(15(17)21)18-16(22)23-10-11-5-3-2-4-6-11/h2-6H,7-10H2,1H3,(H2,17,21)(H,18,22). The van der Waals surface area contributed by atoms with Crippen LogP contribution in [-0.2, 0) is 20.9 Å². The molecule has 0 spiro atoms. The quantitative estimate of drug-likeness (QED) is 0.806. The molecule has 0 unspecified atom stereocenters. The van der Waals surface area contributed by atoms with Gasteiger partial charge in [0, 0.05) is 13.6 Å². The first-order chi connectivity index (χ1) is 11.0. The highest BCUT2D eigenvalue weighted by atomic mass is 16.5. The summed E-state index contributed by atoms with van der Waals surface area (Å²) in [4.78, 5) is 36.7. The molecule has 1 aliphatic heterocycles. The number of rotatable bonds is 4. The normalized spacial score (nSPS) is 16.7. The first-order valence-corrected chi connectivity index (χ1v) is 7.21. The Morgan fingerprint density at radius 3 is 2.61 bits per heavy atom. The number of nitrogens with two attached hydrogens (primary N) is 1. The molecule has 7 nitrogen and oxygen atoms in total. The largest absolute Gasteiger partial charge is 0.444 e. The lowest BCUT2D eigenvalue weighted by Gasteiger charge is -2.25. The Kier molecular flexibility index (Phi) is 5.35. The van der Waals surface area contributed by atoms with Crippen LogP contribution >= 0.6 is 0 Å². The number of hydrogen-bond donors (Lipinski definition) is 2. The molecular formula is C16H19N3O4. The molecule has 1 fully saturated rings. The van der Waals surface area contributed by atoms with Crippen LogP contribution in [0.25, 0.3) is 0 Å². The fourth-order valence-electron chi connectivity index (χ4n) is 2.23. The van der Waals surface area contributed by atoms with Gasteiger partial charge in [0.2, 0.25) is 5.91 Å². The molecule has 1 aromatic carbocycles. The van der Waals surface area contributed by atoms with Crippen molar-refractivity contribution >= 4 is 17.9 Å². The van der Waals surface area contributed by atoms with Crippen molar-refractivity contribution in [2.75, 3.05) is 13.6 Å². The predicted octanol–water partition coefficient (Wildman–Crippen LogP) is 0.904. The molecule has 23 heavy (non-hydrogen) atoms. The third-order valence-corrected chi connectivity index (χ3v) is 3.58. The first kappa shape index (κ1) is 16.5. The minimum atomic E-state index is -0.783. The van der Waals surface area contributed by atoms with E-state index in [0.29, 0.717) is 18.5 Å². The zero-order chi connectivity index (χ0) is 16.8. The van der Waals surface area contributed by atoms with E-state index in [1.807, 2.05) is 30.3 Å². The smallest absolute Gasteiger partial charge is 0.412 e. The van der Waals surface area contributed by atoms with Gasteiger partial charge in [-0.2, -0.15) is 0 Å². The number of carbonyl (C=O) groups excluding carboxylic acids is 3. The Bertz CT molecular complexity index is 640. The first-order valence-electron chi connectivity index (χ1n) is 7.21. The lowest BCUT2D eigenvalue weighted by molar-refractivity contribution is -0.130. The van der Waals surface area contributed by atoms with Gasteiger partial charge in [0.15, 0.2) is 0 Å². The molecule has 1 aliphatic rings. The molecule has 122 valence electrons. The molecule has 0 atom stereocenters. The van der Waals surface area contributed by atoms with E-state index in [-0.39, 0.29) is 24.6 Å². The van der Waals surface area contributed by atoms with E-state index in [2.05, 4.69) is 5.32 Å². The van der Waals surface area contributed by atoms with E-state index < -0.39 is 12.0 Å². The lowest BCUT2D eigenvalue weighted by Crippen LogP contribution is -2.38. The molecule has 0 radical (unpaired) electrons. The second kappa shape index (κ2) is 7.44. The van der Waals surface area contributed by atoms with Crippen LogP contribution in [0, 0.1) is 0 Å². The Morgan fingerprint density at radius 1 is 1.30 bits per heavy atom. The van der Waals surface area contributed by atoms with Crippen LogP contribution in [0.2, 0.25) is 0 Å². The fraction of sp³-hybridized carbons (Fsp3) is 0.312. The van der Waals surface area contributed by atoms with Crippen LogP contribution in [0.15, 0.2) is 41.6 Å². The molecular weight excluding hydrogens is 298 g/mol. The van der Waals surface area contributed by atoms with Gasteiger partial charge < -0.3 is 15.4 Å². The van der Waals surface area contributed by atoms with Crippen LogP contribution in [0.1, 0.15) is 18.4 Å². The summed E-state index contributed by atoms with van der Waals surface area (Å²) in [7, 11) is 1.69. The summed E-state index contributed by atoms with van der Waals surface area (Å²) in [5, 5.41) is 2.36. The number of piperidine rings is 1. The number of alkyl carbamates (subject to hydrolysis) is 1. The maximum Gasteiger partial charge on any atom is 0.412 e. The van der Waals surface area contributed by atoms with Crippen molar-refractivity contribution in [3.05, 3.63) is 47.2 Å². The molecule has 2 rings (SSSR count). The van der Waals surface area contributed by atoms with Gasteiger partial charge in [-0.05, 0) is 17.6 Å². The van der Waals surface area contributed by atoms with E-state index in [9.17, 15) is 14.4 Å². The third-order valence-electron chi connectivity index (χ3n) is 3.58. The van der Waals surface area contributed by atoms with Gasteiger partial charge in [0.1, 0.15) is 12.3 Å². The van der Waals surface area contributed by atoms with Gasteiger partial charge in [-0.15, -0.1) is 0 Å². The number of nitrogens with zero attached hydrogens (tertiary/aromatic N) is 1. The molecule has 0 bridgehead atoms. The summed E-state index contributed by atoms with van der Waals surface area (Å²) in [6.45, 7) is 0.557. The Labute approximate surface area is 134 Å². The molecule has 1 aromatic rings.